The Hall–Kier alpha value is -0.0800. The lowest BCUT2D eigenvalue weighted by Crippen LogP contribution is -2.72. The molecule has 0 saturated carbocycles. The van der Waals surface area contributed by atoms with Gasteiger partial charge in [0.05, 0.1) is 12.1 Å². The maximum atomic E-state index is 5.00. The lowest BCUT2D eigenvalue weighted by Gasteiger charge is -2.21. The van der Waals surface area contributed by atoms with Crippen molar-refractivity contribution in [1.29, 1.82) is 0 Å². The van der Waals surface area contributed by atoms with Gasteiger partial charge in [-0.2, -0.15) is 0 Å². The van der Waals surface area contributed by atoms with Crippen LogP contribution in [-0.4, -0.2) is 19.3 Å². The Labute approximate surface area is 63.7 Å². The molecule has 10 heavy (non-hydrogen) atoms. The van der Waals surface area contributed by atoms with E-state index in [-0.39, 0.29) is 5.54 Å². The summed E-state index contributed by atoms with van der Waals surface area (Å²) in [6.07, 6.45) is 3.37. The van der Waals surface area contributed by atoms with Crippen molar-refractivity contribution in [1.82, 2.24) is 0 Å². The van der Waals surface area contributed by atoms with Crippen LogP contribution in [0.3, 0.4) is 0 Å². The van der Waals surface area contributed by atoms with Crippen LogP contribution in [0.4, 0.5) is 0 Å². The van der Waals surface area contributed by atoms with Crippen molar-refractivity contribution in [2.75, 3.05) is 13.7 Å². The highest BCUT2D eigenvalue weighted by Crippen LogP contribution is 2.12. The van der Waals surface area contributed by atoms with Crippen molar-refractivity contribution in [3.8, 4) is 0 Å². The van der Waals surface area contributed by atoms with E-state index in [0.29, 0.717) is 0 Å². The van der Waals surface area contributed by atoms with Gasteiger partial charge in [-0.3, -0.25) is 0 Å². The minimum absolute atomic E-state index is 0.260. The molecule has 0 bridgehead atoms. The summed E-state index contributed by atoms with van der Waals surface area (Å²) in [5.41, 5.74) is 4.42. The first-order valence-corrected chi connectivity index (χ1v) is 4.03. The zero-order chi connectivity index (χ0) is 8.04. The molecule has 0 aromatic carbocycles. The summed E-state index contributed by atoms with van der Waals surface area (Å²) < 4.78 is 5.00. The summed E-state index contributed by atoms with van der Waals surface area (Å²) in [5.74, 6) is 0. The molecule has 0 fully saturated rings. The van der Waals surface area contributed by atoms with E-state index in [1.54, 1.807) is 7.11 Å². The molecular formula is C8H20NO+. The van der Waals surface area contributed by atoms with E-state index in [2.05, 4.69) is 19.6 Å². The van der Waals surface area contributed by atoms with Crippen molar-refractivity contribution in [3.63, 3.8) is 0 Å². The van der Waals surface area contributed by atoms with Gasteiger partial charge in [-0.25, -0.2) is 0 Å². The smallest absolute Gasteiger partial charge is 0.0962 e. The molecule has 0 saturated heterocycles. The zero-order valence-electron chi connectivity index (χ0n) is 7.44. The summed E-state index contributed by atoms with van der Waals surface area (Å²) in [6, 6.07) is 0. The van der Waals surface area contributed by atoms with Gasteiger partial charge in [-0.05, 0) is 12.8 Å². The predicted molar refractivity (Wildman–Crippen MR) is 42.7 cm³/mol. The molecule has 0 spiro atoms. The third-order valence-electron chi connectivity index (χ3n) is 2.34. The molecule has 2 nitrogen and oxygen atoms in total. The topological polar surface area (TPSA) is 36.9 Å². The molecule has 0 rings (SSSR count). The molecule has 2 heteroatoms. The first-order valence-electron chi connectivity index (χ1n) is 4.03. The van der Waals surface area contributed by atoms with Crippen LogP contribution in [0.15, 0.2) is 0 Å². The van der Waals surface area contributed by atoms with E-state index in [4.69, 9.17) is 4.74 Å². The standard InChI is InChI=1S/C8H19NO/c1-4-8(9,5-2)6-7-10-3/h4-7,9H2,1-3H3/p+1. The summed E-state index contributed by atoms with van der Waals surface area (Å²) in [4.78, 5) is 0. The van der Waals surface area contributed by atoms with Gasteiger partial charge in [-0.1, -0.05) is 13.8 Å². The molecule has 0 aromatic heterocycles. The van der Waals surface area contributed by atoms with Gasteiger partial charge in [0.1, 0.15) is 0 Å². The monoisotopic (exact) mass is 146 g/mol. The highest BCUT2D eigenvalue weighted by Gasteiger charge is 2.23. The fourth-order valence-electron chi connectivity index (χ4n) is 0.922. The third kappa shape index (κ3) is 3.18. The predicted octanol–water partition coefficient (Wildman–Crippen LogP) is 0.824. The SMILES string of the molecule is CCC([NH3+])(CC)CCOC. The van der Waals surface area contributed by atoms with Crippen LogP contribution >= 0.6 is 0 Å². The van der Waals surface area contributed by atoms with Gasteiger partial charge in [0.15, 0.2) is 0 Å². The Bertz CT molecular complexity index is 79.3. The van der Waals surface area contributed by atoms with Crippen molar-refractivity contribution in [2.24, 2.45) is 0 Å². The van der Waals surface area contributed by atoms with Gasteiger partial charge in [-0.15, -0.1) is 0 Å². The van der Waals surface area contributed by atoms with Crippen LogP contribution in [0.25, 0.3) is 0 Å². The molecule has 62 valence electrons. The van der Waals surface area contributed by atoms with Crippen LogP contribution in [0.5, 0.6) is 0 Å². The Morgan fingerprint density at radius 2 is 1.80 bits per heavy atom. The minimum atomic E-state index is 0.260. The molecule has 3 N–H and O–H groups in total. The minimum Gasteiger partial charge on any atom is -0.384 e. The normalized spacial score (nSPS) is 12.0. The van der Waals surface area contributed by atoms with E-state index in [0.717, 1.165) is 25.9 Å². The maximum Gasteiger partial charge on any atom is 0.0962 e. The van der Waals surface area contributed by atoms with Gasteiger partial charge in [0.2, 0.25) is 0 Å². The largest absolute Gasteiger partial charge is 0.384 e. The molecule has 0 aliphatic rings. The van der Waals surface area contributed by atoms with E-state index in [1.807, 2.05) is 0 Å². The number of hydrogen-bond donors (Lipinski definition) is 1. The number of methoxy groups -OCH3 is 1. The molecule has 0 heterocycles. The number of hydrogen-bond acceptors (Lipinski definition) is 1. The van der Waals surface area contributed by atoms with Gasteiger partial charge >= 0.3 is 0 Å². The van der Waals surface area contributed by atoms with Crippen LogP contribution in [-0.2, 0) is 4.74 Å². The fourth-order valence-corrected chi connectivity index (χ4v) is 0.922. The molecule has 0 atom stereocenters. The Morgan fingerprint density at radius 1 is 1.30 bits per heavy atom. The summed E-state index contributed by atoms with van der Waals surface area (Å²) >= 11 is 0. The van der Waals surface area contributed by atoms with Crippen LogP contribution in [0.1, 0.15) is 33.1 Å². The average Bonchev–Trinajstić information content (AvgIpc) is 2.00. The summed E-state index contributed by atoms with van der Waals surface area (Å²) in [5, 5.41) is 0. The summed E-state index contributed by atoms with van der Waals surface area (Å²) in [7, 11) is 1.74. The first-order chi connectivity index (χ1) is 4.68. The Kier molecular flexibility index (Phi) is 4.65. The molecule has 0 radical (unpaired) electrons. The molecule has 0 unspecified atom stereocenters. The van der Waals surface area contributed by atoms with E-state index in [9.17, 15) is 0 Å². The van der Waals surface area contributed by atoms with E-state index >= 15 is 0 Å². The van der Waals surface area contributed by atoms with Crippen molar-refractivity contribution in [3.05, 3.63) is 0 Å². The second-order valence-corrected chi connectivity index (χ2v) is 2.95. The number of rotatable bonds is 5. The molecule has 0 aliphatic carbocycles. The summed E-state index contributed by atoms with van der Waals surface area (Å²) in [6.45, 7) is 5.21. The average molecular weight is 146 g/mol. The van der Waals surface area contributed by atoms with E-state index in [1.165, 1.54) is 0 Å². The molecule has 0 amide bonds. The highest BCUT2D eigenvalue weighted by molar-refractivity contribution is 4.71. The molecule has 0 aliphatic heterocycles. The van der Waals surface area contributed by atoms with Gasteiger partial charge < -0.3 is 10.5 Å². The van der Waals surface area contributed by atoms with Crippen LogP contribution < -0.4 is 5.73 Å². The third-order valence-corrected chi connectivity index (χ3v) is 2.34. The fraction of sp³-hybridized carbons (Fsp3) is 1.00. The first kappa shape index (κ1) is 9.92. The maximum absolute atomic E-state index is 5.00. The Morgan fingerprint density at radius 3 is 2.10 bits per heavy atom. The van der Waals surface area contributed by atoms with Gasteiger partial charge in [0.25, 0.3) is 0 Å². The zero-order valence-corrected chi connectivity index (χ0v) is 7.44. The number of ether oxygens (including phenoxy) is 1. The lowest BCUT2D eigenvalue weighted by atomic mass is 9.91. The van der Waals surface area contributed by atoms with E-state index < -0.39 is 0 Å². The van der Waals surface area contributed by atoms with Gasteiger partial charge in [0, 0.05) is 13.5 Å². The number of quaternary nitrogens is 1. The van der Waals surface area contributed by atoms with Crippen LogP contribution in [0, 0.1) is 0 Å². The highest BCUT2D eigenvalue weighted by atomic mass is 16.5. The molecular weight excluding hydrogens is 126 g/mol. The quantitative estimate of drug-likeness (QED) is 0.612. The van der Waals surface area contributed by atoms with Crippen molar-refractivity contribution in [2.45, 2.75) is 38.6 Å². The second kappa shape index (κ2) is 4.69. The van der Waals surface area contributed by atoms with Crippen molar-refractivity contribution < 1.29 is 10.5 Å². The Balaban J connectivity index is 3.58. The lowest BCUT2D eigenvalue weighted by molar-refractivity contribution is -0.482. The second-order valence-electron chi connectivity index (χ2n) is 2.95. The molecule has 0 aromatic rings. The van der Waals surface area contributed by atoms with Crippen LogP contribution in [0.2, 0.25) is 0 Å². The van der Waals surface area contributed by atoms with Crippen molar-refractivity contribution >= 4 is 0 Å².